The molecule has 2 aliphatic rings. The number of hydrogen-bond donors (Lipinski definition) is 1. The third kappa shape index (κ3) is 7.60. The molecule has 11 heteroatoms. The van der Waals surface area contributed by atoms with Crippen molar-refractivity contribution >= 4 is 17.6 Å². The van der Waals surface area contributed by atoms with Crippen LogP contribution in [0, 0.1) is 17.2 Å². The molecule has 2 fully saturated rings. The summed E-state index contributed by atoms with van der Waals surface area (Å²) in [6.45, 7) is 20.1. The summed E-state index contributed by atoms with van der Waals surface area (Å²) in [6, 6.07) is 4.34. The number of nitrogens with one attached hydrogen (secondary N) is 1. The molecule has 0 unspecified atom stereocenters. The Kier molecular flexibility index (Phi) is 9.93. The molecule has 1 atom stereocenters. The predicted molar refractivity (Wildman–Crippen MR) is 165 cm³/mol. The van der Waals surface area contributed by atoms with E-state index in [0.717, 1.165) is 45.4 Å². The minimum absolute atomic E-state index is 0.00310. The number of nitrogens with zero attached hydrogens (tertiary/aromatic N) is 6. The van der Waals surface area contributed by atoms with Crippen LogP contribution in [-0.4, -0.2) is 87.1 Å². The van der Waals surface area contributed by atoms with Gasteiger partial charge in [0.05, 0.1) is 5.56 Å². The first kappa shape index (κ1) is 32.6. The molecular formula is C32H48FN7O3. The Balaban J connectivity index is 1.46. The van der Waals surface area contributed by atoms with E-state index in [-0.39, 0.29) is 46.0 Å². The molecule has 0 aliphatic carbocycles. The molecule has 4 rings (SSSR count). The number of rotatable bonds is 12. The first-order chi connectivity index (χ1) is 20.2. The summed E-state index contributed by atoms with van der Waals surface area (Å²) in [5.74, 6) is 0.678. The number of aromatic nitrogens is 3. The molecule has 2 amide bonds. The van der Waals surface area contributed by atoms with Gasteiger partial charge in [-0.3, -0.25) is 14.5 Å². The number of carbonyl (C=O) groups excluding carboxylic acids is 2. The Morgan fingerprint density at radius 3 is 2.53 bits per heavy atom. The highest BCUT2D eigenvalue weighted by molar-refractivity contribution is 5.97. The first-order valence-corrected chi connectivity index (χ1v) is 15.5. The fraction of sp³-hybridized carbons (Fsp3) is 0.656. The highest BCUT2D eigenvalue weighted by Crippen LogP contribution is 2.45. The summed E-state index contributed by atoms with van der Waals surface area (Å²) in [4.78, 5) is 35.9. The van der Waals surface area contributed by atoms with E-state index in [9.17, 15) is 14.0 Å². The first-order valence-electron chi connectivity index (χ1n) is 15.5. The molecule has 0 radical (unpaired) electrons. The molecule has 0 saturated carbocycles. The highest BCUT2D eigenvalue weighted by atomic mass is 19.1. The van der Waals surface area contributed by atoms with Crippen molar-refractivity contribution in [2.75, 3.05) is 37.6 Å². The maximum Gasteiger partial charge on any atom is 0.282 e. The summed E-state index contributed by atoms with van der Waals surface area (Å²) < 4.78 is 20.4. The van der Waals surface area contributed by atoms with Crippen molar-refractivity contribution in [3.8, 4) is 11.6 Å². The molecule has 1 N–H and O–H groups in total. The molecule has 1 aromatic carbocycles. The quantitative estimate of drug-likeness (QED) is 0.368. The third-order valence-corrected chi connectivity index (χ3v) is 8.81. The van der Waals surface area contributed by atoms with Crippen LogP contribution in [0.2, 0.25) is 0 Å². The molecule has 1 aromatic heterocycles. The Hall–Kier alpha value is -3.34. The highest BCUT2D eigenvalue weighted by Gasteiger charge is 2.50. The summed E-state index contributed by atoms with van der Waals surface area (Å²) in [5, 5.41) is 11.3. The summed E-state index contributed by atoms with van der Waals surface area (Å²) in [5.41, 5.74) is 0.0557. The van der Waals surface area contributed by atoms with E-state index in [2.05, 4.69) is 58.0 Å². The molecule has 43 heavy (non-hydrogen) atoms. The lowest BCUT2D eigenvalue weighted by Crippen LogP contribution is -2.62. The monoisotopic (exact) mass is 597 g/mol. The van der Waals surface area contributed by atoms with Crippen molar-refractivity contribution in [1.82, 2.24) is 30.3 Å². The topological polar surface area (TPSA) is 104 Å². The Bertz CT molecular complexity index is 1300. The molecule has 2 aromatic rings. The van der Waals surface area contributed by atoms with E-state index in [1.807, 2.05) is 20.8 Å². The van der Waals surface area contributed by atoms with Crippen molar-refractivity contribution in [1.29, 1.82) is 0 Å². The zero-order valence-corrected chi connectivity index (χ0v) is 27.0. The number of halogens is 1. The number of ether oxygens (including phenoxy) is 1. The second-order valence-corrected chi connectivity index (χ2v) is 13.5. The average Bonchev–Trinajstić information content (AvgIpc) is 3.34. The van der Waals surface area contributed by atoms with Crippen LogP contribution in [0.3, 0.4) is 0 Å². The largest absolute Gasteiger partial charge is 0.434 e. The second kappa shape index (κ2) is 13.1. The zero-order chi connectivity index (χ0) is 31.5. The number of benzene rings is 1. The van der Waals surface area contributed by atoms with Crippen LogP contribution in [0.4, 0.5) is 10.2 Å². The van der Waals surface area contributed by atoms with Gasteiger partial charge < -0.3 is 19.9 Å². The molecular weight excluding hydrogens is 549 g/mol. The molecule has 236 valence electrons. The van der Waals surface area contributed by atoms with Gasteiger partial charge in [-0.1, -0.05) is 13.8 Å². The van der Waals surface area contributed by atoms with Crippen molar-refractivity contribution in [3.05, 3.63) is 35.9 Å². The van der Waals surface area contributed by atoms with Crippen molar-refractivity contribution in [2.24, 2.45) is 11.3 Å². The van der Waals surface area contributed by atoms with Crippen LogP contribution in [-0.2, 0) is 4.79 Å². The molecule has 0 bridgehead atoms. The van der Waals surface area contributed by atoms with Gasteiger partial charge >= 0.3 is 0 Å². The van der Waals surface area contributed by atoms with Gasteiger partial charge in [-0.05, 0) is 78.0 Å². The van der Waals surface area contributed by atoms with E-state index in [4.69, 9.17) is 4.74 Å². The standard InChI is InChI=1S/C32H48FN7O3/c1-9-40(22(4)5)30(42)25-16-24(33)10-11-27(25)43-29-28(34-20-35-37-29)38-15-14-32(17-38)18-39(19-32)26(21(2)3)12-13-31(7,8)36-23(6)41/h10-11,16,20-22,26H,9,12-15,17-19H2,1-8H3,(H,36,41)/t26-/m1/s1. The Morgan fingerprint density at radius 2 is 1.91 bits per heavy atom. The van der Waals surface area contributed by atoms with Gasteiger partial charge in [0.15, 0.2) is 5.82 Å². The number of carbonyl (C=O) groups is 2. The maximum atomic E-state index is 14.3. The van der Waals surface area contributed by atoms with Crippen molar-refractivity contribution < 1.29 is 18.7 Å². The van der Waals surface area contributed by atoms with E-state index < -0.39 is 5.82 Å². The normalized spacial score (nSPS) is 17.3. The van der Waals surface area contributed by atoms with Gasteiger partial charge in [0.1, 0.15) is 17.9 Å². The number of hydrogen-bond acceptors (Lipinski definition) is 8. The minimum Gasteiger partial charge on any atom is -0.434 e. The van der Waals surface area contributed by atoms with Gasteiger partial charge in [-0.2, -0.15) is 0 Å². The van der Waals surface area contributed by atoms with Crippen LogP contribution < -0.4 is 15.0 Å². The molecule has 2 aliphatic heterocycles. The minimum atomic E-state index is -0.512. The van der Waals surface area contributed by atoms with E-state index >= 15 is 0 Å². The van der Waals surface area contributed by atoms with Crippen LogP contribution in [0.1, 0.15) is 85.0 Å². The van der Waals surface area contributed by atoms with E-state index in [1.165, 1.54) is 24.5 Å². The van der Waals surface area contributed by atoms with Crippen LogP contribution >= 0.6 is 0 Å². The predicted octanol–water partition coefficient (Wildman–Crippen LogP) is 4.91. The number of anilines is 1. The van der Waals surface area contributed by atoms with Crippen LogP contribution in [0.5, 0.6) is 11.6 Å². The molecule has 1 spiro atoms. The molecule has 3 heterocycles. The fourth-order valence-electron chi connectivity index (χ4n) is 6.71. The van der Waals surface area contributed by atoms with Gasteiger partial charge in [0, 0.05) is 62.7 Å². The van der Waals surface area contributed by atoms with Gasteiger partial charge in [0.2, 0.25) is 5.91 Å². The average molecular weight is 598 g/mol. The van der Waals surface area contributed by atoms with Gasteiger partial charge in [0.25, 0.3) is 11.8 Å². The molecule has 2 saturated heterocycles. The van der Waals surface area contributed by atoms with Crippen molar-refractivity contribution in [2.45, 2.75) is 92.3 Å². The smallest absolute Gasteiger partial charge is 0.282 e. The second-order valence-electron chi connectivity index (χ2n) is 13.5. The Labute approximate surface area is 255 Å². The third-order valence-electron chi connectivity index (χ3n) is 8.81. The SMILES string of the molecule is CCN(C(=O)c1cc(F)ccc1Oc1nncnc1N1CCC2(C1)CN([C@H](CCC(C)(C)NC(C)=O)C(C)C)C2)C(C)C. The molecule has 10 nitrogen and oxygen atoms in total. The van der Waals surface area contributed by atoms with Crippen LogP contribution in [0.25, 0.3) is 0 Å². The summed E-state index contributed by atoms with van der Waals surface area (Å²) in [7, 11) is 0. The fourth-order valence-corrected chi connectivity index (χ4v) is 6.71. The summed E-state index contributed by atoms with van der Waals surface area (Å²) >= 11 is 0. The lowest BCUT2D eigenvalue weighted by atomic mass is 9.76. The van der Waals surface area contributed by atoms with Gasteiger partial charge in [-0.15, -0.1) is 10.2 Å². The lowest BCUT2D eigenvalue weighted by molar-refractivity contribution is -0.120. The van der Waals surface area contributed by atoms with E-state index in [1.54, 1.807) is 11.8 Å². The summed E-state index contributed by atoms with van der Waals surface area (Å²) in [6.07, 6.45) is 4.36. The Morgan fingerprint density at radius 1 is 1.19 bits per heavy atom. The number of likely N-dealkylation sites (tertiary alicyclic amines) is 1. The van der Waals surface area contributed by atoms with E-state index in [0.29, 0.717) is 24.3 Å². The maximum absolute atomic E-state index is 14.3. The lowest BCUT2D eigenvalue weighted by Gasteiger charge is -2.53. The van der Waals surface area contributed by atoms with Crippen molar-refractivity contribution in [3.63, 3.8) is 0 Å². The zero-order valence-electron chi connectivity index (χ0n) is 27.0. The van der Waals surface area contributed by atoms with Crippen LogP contribution in [0.15, 0.2) is 24.5 Å². The van der Waals surface area contributed by atoms with Gasteiger partial charge in [-0.25, -0.2) is 9.37 Å². The number of amides is 2.